The first kappa shape index (κ1) is 14.9. The van der Waals surface area contributed by atoms with E-state index in [-0.39, 0.29) is 6.73 Å². The molecule has 0 aliphatic rings. The number of benzene rings is 1. The molecule has 1 aromatic carbocycles. The van der Waals surface area contributed by atoms with Gasteiger partial charge >= 0.3 is 0 Å². The number of thiophene rings is 1. The second kappa shape index (κ2) is 6.85. The molecule has 0 bridgehead atoms. The molecule has 0 radical (unpaired) electrons. The van der Waals surface area contributed by atoms with Gasteiger partial charge in [-0.1, -0.05) is 25.5 Å². The third-order valence-electron chi connectivity index (χ3n) is 3.60. The maximum absolute atomic E-state index is 9.13. The normalized spacial score (nSPS) is 12.2. The minimum absolute atomic E-state index is 0.152. The number of aliphatic hydroxyl groups excluding tert-OH is 1. The van der Waals surface area contributed by atoms with Crippen molar-refractivity contribution >= 4 is 28.1 Å². The summed E-state index contributed by atoms with van der Waals surface area (Å²) in [6.07, 6.45) is 4.96. The van der Waals surface area contributed by atoms with Crippen molar-refractivity contribution in [3.63, 3.8) is 0 Å². The van der Waals surface area contributed by atoms with Crippen LogP contribution in [-0.4, -0.2) is 27.1 Å². The highest BCUT2D eigenvalue weighted by atomic mass is 32.1. The largest absolute Gasteiger partial charge is 0.375 e. The average Bonchev–Trinajstić information content (AvgIpc) is 3.17. The first-order valence-corrected chi connectivity index (χ1v) is 8.32. The Labute approximate surface area is 133 Å². The maximum atomic E-state index is 9.13. The molecule has 0 aliphatic carbocycles. The molecule has 0 aliphatic heterocycles. The van der Waals surface area contributed by atoms with Gasteiger partial charge in [-0.2, -0.15) is 0 Å². The standard InChI is InChI=1S/C17H19N3OS/c1-2-3-6-14(19-12-21)16-9-10-17(22-16)20-11-18-13-7-4-5-8-15(13)20/h4-5,7-11,21H,2-3,6,12H2,1H3. The van der Waals surface area contributed by atoms with E-state index in [1.165, 1.54) is 0 Å². The summed E-state index contributed by atoms with van der Waals surface area (Å²) in [5.74, 6) is 0. The molecule has 0 atom stereocenters. The van der Waals surface area contributed by atoms with E-state index in [0.29, 0.717) is 0 Å². The molecule has 4 nitrogen and oxygen atoms in total. The van der Waals surface area contributed by atoms with Crippen molar-refractivity contribution in [3.8, 4) is 5.00 Å². The van der Waals surface area contributed by atoms with Crippen LogP contribution in [0.3, 0.4) is 0 Å². The zero-order valence-electron chi connectivity index (χ0n) is 12.6. The summed E-state index contributed by atoms with van der Waals surface area (Å²) < 4.78 is 2.10. The summed E-state index contributed by atoms with van der Waals surface area (Å²) in [5.41, 5.74) is 3.09. The van der Waals surface area contributed by atoms with E-state index in [1.807, 2.05) is 24.5 Å². The van der Waals surface area contributed by atoms with Crippen LogP contribution in [-0.2, 0) is 0 Å². The molecule has 0 saturated carbocycles. The summed E-state index contributed by atoms with van der Waals surface area (Å²) in [4.78, 5) is 9.80. The Morgan fingerprint density at radius 1 is 1.27 bits per heavy atom. The lowest BCUT2D eigenvalue weighted by atomic mass is 10.1. The van der Waals surface area contributed by atoms with Gasteiger partial charge in [0.2, 0.25) is 0 Å². The summed E-state index contributed by atoms with van der Waals surface area (Å²) in [6.45, 7) is 2.01. The van der Waals surface area contributed by atoms with Gasteiger partial charge < -0.3 is 5.11 Å². The van der Waals surface area contributed by atoms with E-state index in [4.69, 9.17) is 5.11 Å². The van der Waals surface area contributed by atoms with Crippen molar-refractivity contribution in [2.45, 2.75) is 26.2 Å². The van der Waals surface area contributed by atoms with Crippen LogP contribution >= 0.6 is 11.3 Å². The number of aromatic nitrogens is 2. The molecule has 0 amide bonds. The number of fused-ring (bicyclic) bond motifs is 1. The van der Waals surface area contributed by atoms with E-state index in [0.717, 1.165) is 45.9 Å². The Hall–Kier alpha value is -1.98. The van der Waals surface area contributed by atoms with Gasteiger partial charge in [-0.05, 0) is 37.1 Å². The van der Waals surface area contributed by atoms with Crippen LogP contribution in [0.25, 0.3) is 16.0 Å². The minimum atomic E-state index is -0.152. The van der Waals surface area contributed by atoms with E-state index in [1.54, 1.807) is 11.3 Å². The van der Waals surface area contributed by atoms with Crippen LogP contribution in [0.15, 0.2) is 47.7 Å². The Bertz CT molecular complexity index is 788. The zero-order valence-corrected chi connectivity index (χ0v) is 13.4. The van der Waals surface area contributed by atoms with Gasteiger partial charge in [0.05, 0.1) is 21.6 Å². The summed E-state index contributed by atoms with van der Waals surface area (Å²) in [6, 6.07) is 12.3. The Morgan fingerprint density at radius 2 is 2.14 bits per heavy atom. The molecule has 0 fully saturated rings. The predicted octanol–water partition coefficient (Wildman–Crippen LogP) is 4.02. The van der Waals surface area contributed by atoms with Crippen molar-refractivity contribution in [3.05, 3.63) is 47.6 Å². The van der Waals surface area contributed by atoms with E-state index < -0.39 is 0 Å². The highest BCUT2D eigenvalue weighted by Gasteiger charge is 2.10. The number of aliphatic imine (C=N–C) groups is 1. The van der Waals surface area contributed by atoms with Gasteiger partial charge in [-0.3, -0.25) is 9.56 Å². The SMILES string of the molecule is CCCCC(=NCO)c1ccc(-n2cnc3ccccc32)s1. The molecule has 1 N–H and O–H groups in total. The molecule has 0 spiro atoms. The molecule has 2 aromatic heterocycles. The van der Waals surface area contributed by atoms with Crippen LogP contribution < -0.4 is 0 Å². The lowest BCUT2D eigenvalue weighted by molar-refractivity contribution is 0.309. The molecule has 2 heterocycles. The summed E-state index contributed by atoms with van der Waals surface area (Å²) >= 11 is 1.69. The lowest BCUT2D eigenvalue weighted by Gasteiger charge is -2.03. The smallest absolute Gasteiger partial charge is 0.134 e. The molecule has 22 heavy (non-hydrogen) atoms. The first-order chi connectivity index (χ1) is 10.8. The highest BCUT2D eigenvalue weighted by Crippen LogP contribution is 2.26. The van der Waals surface area contributed by atoms with Crippen LogP contribution in [0.4, 0.5) is 0 Å². The first-order valence-electron chi connectivity index (χ1n) is 7.50. The number of hydrogen-bond donors (Lipinski definition) is 1. The number of nitrogens with zero attached hydrogens (tertiary/aromatic N) is 3. The Kier molecular flexibility index (Phi) is 4.65. The Morgan fingerprint density at radius 3 is 2.95 bits per heavy atom. The zero-order chi connectivity index (χ0) is 15.4. The fourth-order valence-corrected chi connectivity index (χ4v) is 3.48. The van der Waals surface area contributed by atoms with Crippen LogP contribution in [0.1, 0.15) is 31.1 Å². The van der Waals surface area contributed by atoms with Gasteiger partial charge in [0, 0.05) is 0 Å². The topological polar surface area (TPSA) is 50.4 Å². The fourth-order valence-electron chi connectivity index (χ4n) is 2.46. The Balaban J connectivity index is 1.94. The highest BCUT2D eigenvalue weighted by molar-refractivity contribution is 7.16. The third kappa shape index (κ3) is 2.96. The number of imidazole rings is 1. The van der Waals surface area contributed by atoms with Crippen molar-refractivity contribution in [2.24, 2.45) is 4.99 Å². The molecule has 3 rings (SSSR count). The minimum Gasteiger partial charge on any atom is -0.375 e. The van der Waals surface area contributed by atoms with Crippen LogP contribution in [0, 0.1) is 0 Å². The second-order valence-electron chi connectivity index (χ2n) is 5.09. The predicted molar refractivity (Wildman–Crippen MR) is 92.1 cm³/mol. The number of rotatable bonds is 6. The van der Waals surface area contributed by atoms with Crippen molar-refractivity contribution in [2.75, 3.05) is 6.73 Å². The molecule has 3 aromatic rings. The fraction of sp³-hybridized carbons (Fsp3) is 0.294. The summed E-state index contributed by atoms with van der Waals surface area (Å²) in [7, 11) is 0. The molecular weight excluding hydrogens is 294 g/mol. The molecule has 0 saturated heterocycles. The number of para-hydroxylation sites is 2. The van der Waals surface area contributed by atoms with Crippen LogP contribution in [0.2, 0.25) is 0 Å². The lowest BCUT2D eigenvalue weighted by Crippen LogP contribution is -1.99. The van der Waals surface area contributed by atoms with Gasteiger partial charge in [-0.15, -0.1) is 11.3 Å². The number of aliphatic hydroxyl groups is 1. The van der Waals surface area contributed by atoms with E-state index in [2.05, 4.69) is 39.7 Å². The van der Waals surface area contributed by atoms with Gasteiger partial charge in [0.15, 0.2) is 0 Å². The molecular formula is C17H19N3OS. The monoisotopic (exact) mass is 313 g/mol. The number of hydrogen-bond acceptors (Lipinski definition) is 4. The molecule has 0 unspecified atom stereocenters. The summed E-state index contributed by atoms with van der Waals surface area (Å²) in [5, 5.41) is 10.2. The molecule has 114 valence electrons. The maximum Gasteiger partial charge on any atom is 0.134 e. The number of unbranched alkanes of at least 4 members (excludes halogenated alkanes) is 1. The molecule has 5 heteroatoms. The van der Waals surface area contributed by atoms with Gasteiger partial charge in [0.25, 0.3) is 0 Å². The van der Waals surface area contributed by atoms with Crippen molar-refractivity contribution in [1.29, 1.82) is 0 Å². The van der Waals surface area contributed by atoms with E-state index in [9.17, 15) is 0 Å². The van der Waals surface area contributed by atoms with Gasteiger partial charge in [-0.25, -0.2) is 4.98 Å². The quantitative estimate of drug-likeness (QED) is 0.699. The third-order valence-corrected chi connectivity index (χ3v) is 4.73. The van der Waals surface area contributed by atoms with Crippen molar-refractivity contribution < 1.29 is 5.11 Å². The second-order valence-corrected chi connectivity index (χ2v) is 6.15. The average molecular weight is 313 g/mol. The van der Waals surface area contributed by atoms with Crippen LogP contribution in [0.5, 0.6) is 0 Å². The van der Waals surface area contributed by atoms with Crippen molar-refractivity contribution in [1.82, 2.24) is 9.55 Å². The van der Waals surface area contributed by atoms with Gasteiger partial charge in [0.1, 0.15) is 18.1 Å². The van der Waals surface area contributed by atoms with E-state index >= 15 is 0 Å².